The summed E-state index contributed by atoms with van der Waals surface area (Å²) in [6.07, 6.45) is 7.43. The molecule has 1 aromatic carbocycles. The average Bonchev–Trinajstić information content (AvgIpc) is 3.18. The summed E-state index contributed by atoms with van der Waals surface area (Å²) in [6, 6.07) is 8.16. The first-order valence-corrected chi connectivity index (χ1v) is 10.8. The molecule has 1 N–H and O–H groups in total. The second-order valence-corrected chi connectivity index (χ2v) is 8.25. The Labute approximate surface area is 180 Å². The molecule has 8 heteroatoms. The lowest BCUT2D eigenvalue weighted by Crippen LogP contribution is -2.50. The van der Waals surface area contributed by atoms with Gasteiger partial charge in [0.25, 0.3) is 5.91 Å². The lowest BCUT2D eigenvalue weighted by molar-refractivity contribution is -0.125. The number of carbonyl (C=O) groups is 2. The first kappa shape index (κ1) is 21.0. The van der Waals surface area contributed by atoms with Crippen molar-refractivity contribution in [1.29, 1.82) is 5.26 Å². The third-order valence-electron chi connectivity index (χ3n) is 6.08. The van der Waals surface area contributed by atoms with Gasteiger partial charge in [-0.2, -0.15) is 10.4 Å². The van der Waals surface area contributed by atoms with Crippen molar-refractivity contribution in [2.45, 2.75) is 63.3 Å². The molecular weight excluding hydrogens is 399 g/mol. The molecule has 0 atom stereocenters. The fraction of sp³-hybridized carbons (Fsp3) is 0.478. The predicted molar refractivity (Wildman–Crippen MR) is 110 cm³/mol. The summed E-state index contributed by atoms with van der Waals surface area (Å²) in [7, 11) is 0. The maximum absolute atomic E-state index is 13.3. The Balaban J connectivity index is 1.48. The van der Waals surface area contributed by atoms with Crippen LogP contribution in [0.15, 0.2) is 24.3 Å². The van der Waals surface area contributed by atoms with Gasteiger partial charge in [0.2, 0.25) is 0 Å². The van der Waals surface area contributed by atoms with E-state index in [1.165, 1.54) is 12.1 Å². The molecule has 1 fully saturated rings. The van der Waals surface area contributed by atoms with Crippen LogP contribution in [-0.4, -0.2) is 33.8 Å². The monoisotopic (exact) mass is 424 g/mol. The lowest BCUT2D eigenvalue weighted by Gasteiger charge is -2.31. The minimum absolute atomic E-state index is 0.194. The van der Waals surface area contributed by atoms with E-state index < -0.39 is 24.0 Å². The number of aromatic nitrogens is 2. The molecule has 7 nitrogen and oxygen atoms in total. The Morgan fingerprint density at radius 3 is 2.55 bits per heavy atom. The number of rotatable bonds is 5. The fourth-order valence-corrected chi connectivity index (χ4v) is 4.48. The van der Waals surface area contributed by atoms with Crippen LogP contribution in [0.2, 0.25) is 0 Å². The van der Waals surface area contributed by atoms with Crippen molar-refractivity contribution >= 4 is 11.9 Å². The van der Waals surface area contributed by atoms with Crippen LogP contribution in [0.25, 0.3) is 5.69 Å². The normalized spacial score (nSPS) is 17.3. The van der Waals surface area contributed by atoms with Crippen LogP contribution in [0.5, 0.6) is 0 Å². The standard InChI is InChI=1S/C23H25FN4O3/c24-16-8-10-17(11-9-16)28-19-7-3-2-6-18(19)21(27-28)22(30)31-14-20(29)26-23(15-25)12-4-1-5-13-23/h8-11H,1-7,12-14H2,(H,26,29). The van der Waals surface area contributed by atoms with Crippen molar-refractivity contribution in [2.75, 3.05) is 6.61 Å². The number of hydrogen-bond acceptors (Lipinski definition) is 5. The zero-order valence-corrected chi connectivity index (χ0v) is 17.3. The van der Waals surface area contributed by atoms with E-state index in [1.807, 2.05) is 0 Å². The van der Waals surface area contributed by atoms with E-state index in [2.05, 4.69) is 16.5 Å². The van der Waals surface area contributed by atoms with E-state index in [-0.39, 0.29) is 11.5 Å². The van der Waals surface area contributed by atoms with Crippen molar-refractivity contribution in [2.24, 2.45) is 0 Å². The highest BCUT2D eigenvalue weighted by Gasteiger charge is 2.34. The number of hydrogen-bond donors (Lipinski definition) is 1. The topological polar surface area (TPSA) is 97.0 Å². The molecule has 31 heavy (non-hydrogen) atoms. The number of ether oxygens (including phenoxy) is 1. The van der Waals surface area contributed by atoms with Crippen LogP contribution >= 0.6 is 0 Å². The first-order chi connectivity index (χ1) is 15.0. The molecule has 0 bridgehead atoms. The summed E-state index contributed by atoms with van der Waals surface area (Å²) in [5.74, 6) is -1.49. The number of benzene rings is 1. The number of esters is 1. The van der Waals surface area contributed by atoms with Gasteiger partial charge in [0.1, 0.15) is 11.4 Å². The largest absolute Gasteiger partial charge is 0.451 e. The lowest BCUT2D eigenvalue weighted by atomic mass is 9.83. The molecule has 1 amide bonds. The summed E-state index contributed by atoms with van der Waals surface area (Å²) < 4.78 is 20.2. The molecule has 0 spiro atoms. The Kier molecular flexibility index (Phi) is 6.03. The number of halogens is 1. The van der Waals surface area contributed by atoms with Gasteiger partial charge in [-0.25, -0.2) is 13.9 Å². The van der Waals surface area contributed by atoms with Crippen LogP contribution in [-0.2, 0) is 22.4 Å². The second kappa shape index (κ2) is 8.88. The maximum atomic E-state index is 13.3. The Morgan fingerprint density at radius 2 is 1.84 bits per heavy atom. The number of nitriles is 1. The molecule has 0 aliphatic heterocycles. The smallest absolute Gasteiger partial charge is 0.359 e. The Bertz CT molecular complexity index is 1020. The Morgan fingerprint density at radius 1 is 1.13 bits per heavy atom. The SMILES string of the molecule is N#CC1(NC(=O)COC(=O)c2nn(-c3ccc(F)cc3)c3c2CCCC3)CCCCC1. The van der Waals surface area contributed by atoms with E-state index in [0.717, 1.165) is 49.8 Å². The van der Waals surface area contributed by atoms with Gasteiger partial charge in [-0.15, -0.1) is 0 Å². The van der Waals surface area contributed by atoms with Gasteiger partial charge in [-0.1, -0.05) is 19.3 Å². The number of carbonyl (C=O) groups excluding carboxylic acids is 2. The summed E-state index contributed by atoms with van der Waals surface area (Å²) in [5, 5.41) is 16.7. The molecule has 162 valence electrons. The highest BCUT2D eigenvalue weighted by Crippen LogP contribution is 2.29. The molecular formula is C23H25FN4O3. The first-order valence-electron chi connectivity index (χ1n) is 10.8. The summed E-state index contributed by atoms with van der Waals surface area (Å²) >= 11 is 0. The average molecular weight is 424 g/mol. The predicted octanol–water partition coefficient (Wildman–Crippen LogP) is 3.39. The van der Waals surface area contributed by atoms with E-state index in [9.17, 15) is 19.2 Å². The van der Waals surface area contributed by atoms with E-state index >= 15 is 0 Å². The summed E-state index contributed by atoms with van der Waals surface area (Å²) in [6.45, 7) is -0.458. The van der Waals surface area contributed by atoms with E-state index in [4.69, 9.17) is 4.74 Å². The molecule has 2 aliphatic rings. The molecule has 0 unspecified atom stereocenters. The molecule has 2 aliphatic carbocycles. The van der Waals surface area contributed by atoms with Gasteiger partial charge in [0.05, 0.1) is 11.8 Å². The third kappa shape index (κ3) is 4.46. The fourth-order valence-electron chi connectivity index (χ4n) is 4.48. The van der Waals surface area contributed by atoms with Crippen LogP contribution in [0.1, 0.15) is 66.7 Å². The van der Waals surface area contributed by atoms with Crippen molar-refractivity contribution in [1.82, 2.24) is 15.1 Å². The highest BCUT2D eigenvalue weighted by atomic mass is 19.1. The third-order valence-corrected chi connectivity index (χ3v) is 6.08. The second-order valence-electron chi connectivity index (χ2n) is 8.25. The highest BCUT2D eigenvalue weighted by molar-refractivity contribution is 5.91. The maximum Gasteiger partial charge on any atom is 0.359 e. The van der Waals surface area contributed by atoms with Gasteiger partial charge in [0.15, 0.2) is 12.3 Å². The van der Waals surface area contributed by atoms with Crippen molar-refractivity contribution in [3.8, 4) is 11.8 Å². The van der Waals surface area contributed by atoms with Gasteiger partial charge in [-0.3, -0.25) is 4.79 Å². The van der Waals surface area contributed by atoms with Gasteiger partial charge in [0, 0.05) is 11.3 Å². The summed E-state index contributed by atoms with van der Waals surface area (Å²) in [4.78, 5) is 25.1. The zero-order valence-electron chi connectivity index (χ0n) is 17.3. The zero-order chi connectivity index (χ0) is 21.8. The molecule has 1 heterocycles. The van der Waals surface area contributed by atoms with Gasteiger partial charge in [-0.05, 0) is 62.8 Å². The molecule has 1 aromatic heterocycles. The number of nitrogens with one attached hydrogen (secondary N) is 1. The number of nitrogens with zero attached hydrogens (tertiary/aromatic N) is 3. The van der Waals surface area contributed by atoms with Gasteiger partial charge < -0.3 is 10.1 Å². The van der Waals surface area contributed by atoms with Crippen LogP contribution in [0.3, 0.4) is 0 Å². The minimum Gasteiger partial charge on any atom is -0.451 e. The number of fused-ring (bicyclic) bond motifs is 1. The van der Waals surface area contributed by atoms with Crippen molar-refractivity contribution in [3.05, 3.63) is 47.0 Å². The van der Waals surface area contributed by atoms with E-state index in [1.54, 1.807) is 16.8 Å². The molecule has 1 saturated carbocycles. The van der Waals surface area contributed by atoms with Crippen molar-refractivity contribution in [3.63, 3.8) is 0 Å². The Hall–Kier alpha value is -3.21. The molecule has 0 radical (unpaired) electrons. The molecule has 2 aromatic rings. The van der Waals surface area contributed by atoms with Crippen LogP contribution < -0.4 is 5.32 Å². The van der Waals surface area contributed by atoms with Crippen molar-refractivity contribution < 1.29 is 18.7 Å². The van der Waals surface area contributed by atoms with Crippen LogP contribution in [0.4, 0.5) is 4.39 Å². The van der Waals surface area contributed by atoms with E-state index in [0.29, 0.717) is 24.9 Å². The van der Waals surface area contributed by atoms with Crippen LogP contribution in [0, 0.1) is 17.1 Å². The minimum atomic E-state index is -0.870. The number of amides is 1. The molecule has 0 saturated heterocycles. The van der Waals surface area contributed by atoms with Gasteiger partial charge >= 0.3 is 5.97 Å². The molecule has 4 rings (SSSR count). The summed E-state index contributed by atoms with van der Waals surface area (Å²) in [5.41, 5.74) is 1.73. The quantitative estimate of drug-likeness (QED) is 0.742.